The van der Waals surface area contributed by atoms with Crippen LogP contribution in [0.5, 0.6) is 0 Å². The number of carbonyl (C=O) groups is 2. The zero-order chi connectivity index (χ0) is 19.1. The van der Waals surface area contributed by atoms with Crippen LogP contribution >= 0.6 is 23.4 Å². The molecule has 8 heteroatoms. The number of hydrogen-bond donors (Lipinski definition) is 0. The third-order valence-corrected chi connectivity index (χ3v) is 4.60. The van der Waals surface area contributed by atoms with Gasteiger partial charge in [-0.25, -0.2) is 19.7 Å². The van der Waals surface area contributed by atoms with Gasteiger partial charge in [0.15, 0.2) is 5.16 Å². The van der Waals surface area contributed by atoms with Crippen molar-refractivity contribution in [1.82, 2.24) is 14.9 Å². The van der Waals surface area contributed by atoms with Gasteiger partial charge in [0.25, 0.3) is 5.91 Å². The fraction of sp³-hybridized carbons (Fsp3) is 0.333. The van der Waals surface area contributed by atoms with E-state index in [0.717, 1.165) is 4.90 Å². The molecule has 1 aliphatic heterocycles. The number of benzene rings is 1. The molecule has 1 aromatic heterocycles. The largest absolute Gasteiger partial charge is 0.443 e. The fourth-order valence-electron chi connectivity index (χ4n) is 2.74. The van der Waals surface area contributed by atoms with Crippen molar-refractivity contribution in [2.75, 3.05) is 6.26 Å². The van der Waals surface area contributed by atoms with Crippen molar-refractivity contribution in [2.24, 2.45) is 0 Å². The Hall–Kier alpha value is -2.12. The smallest absolute Gasteiger partial charge is 0.418 e. The van der Waals surface area contributed by atoms with Crippen molar-refractivity contribution >= 4 is 35.4 Å². The zero-order valence-electron chi connectivity index (χ0n) is 14.8. The number of rotatable bonds is 2. The molecule has 1 atom stereocenters. The first-order chi connectivity index (χ1) is 12.2. The van der Waals surface area contributed by atoms with Crippen molar-refractivity contribution in [3.8, 4) is 0 Å². The Balaban J connectivity index is 2.15. The summed E-state index contributed by atoms with van der Waals surface area (Å²) in [6, 6.07) is 6.28. The number of hydrogen-bond acceptors (Lipinski definition) is 6. The van der Waals surface area contributed by atoms with Crippen LogP contribution in [0.1, 0.15) is 48.4 Å². The maximum Gasteiger partial charge on any atom is 0.418 e. The van der Waals surface area contributed by atoms with Crippen molar-refractivity contribution in [2.45, 2.75) is 37.6 Å². The lowest BCUT2D eigenvalue weighted by Gasteiger charge is -2.27. The van der Waals surface area contributed by atoms with Crippen molar-refractivity contribution < 1.29 is 14.3 Å². The van der Waals surface area contributed by atoms with Gasteiger partial charge in [-0.05, 0) is 38.7 Å². The van der Waals surface area contributed by atoms with Gasteiger partial charge in [-0.15, -0.1) is 0 Å². The highest BCUT2D eigenvalue weighted by molar-refractivity contribution is 7.98. The Morgan fingerprint density at radius 2 is 2.00 bits per heavy atom. The van der Waals surface area contributed by atoms with Gasteiger partial charge in [0, 0.05) is 5.56 Å². The summed E-state index contributed by atoms with van der Waals surface area (Å²) < 4.78 is 5.45. The molecule has 2 amide bonds. The molecule has 6 nitrogen and oxygen atoms in total. The maximum atomic E-state index is 12.9. The lowest BCUT2D eigenvalue weighted by atomic mass is 10.0. The summed E-state index contributed by atoms with van der Waals surface area (Å²) in [6.45, 7) is 5.24. The standard InChI is InChI=1S/C18H18ClN3O3S/c1-18(2,3)25-17(24)22-14(10-7-5-6-8-11(10)15(22)23)13-12(19)9-20-16(21-13)26-4/h5-9,14H,1-4H3. The summed E-state index contributed by atoms with van der Waals surface area (Å²) in [7, 11) is 0. The number of carbonyl (C=O) groups excluding carboxylic acids is 2. The van der Waals surface area contributed by atoms with E-state index in [1.807, 2.05) is 12.3 Å². The summed E-state index contributed by atoms with van der Waals surface area (Å²) in [5, 5.41) is 0.788. The summed E-state index contributed by atoms with van der Waals surface area (Å²) >= 11 is 7.68. The molecular formula is C18H18ClN3O3S. The SMILES string of the molecule is CSc1ncc(Cl)c(C2c3ccccc3C(=O)N2C(=O)OC(C)(C)C)n1. The molecule has 2 heterocycles. The number of nitrogens with zero attached hydrogens (tertiary/aromatic N) is 3. The summed E-state index contributed by atoms with van der Waals surface area (Å²) in [5.74, 6) is -0.430. The number of ether oxygens (including phenoxy) is 1. The molecule has 0 bridgehead atoms. The van der Waals surface area contributed by atoms with E-state index in [4.69, 9.17) is 16.3 Å². The number of amides is 2. The van der Waals surface area contributed by atoms with Gasteiger partial charge in [0.05, 0.1) is 16.9 Å². The molecule has 0 saturated carbocycles. The average Bonchev–Trinajstić information content (AvgIpc) is 2.87. The van der Waals surface area contributed by atoms with Crippen LogP contribution in [0.15, 0.2) is 35.6 Å². The number of thioether (sulfide) groups is 1. The van der Waals surface area contributed by atoms with Gasteiger partial charge in [-0.2, -0.15) is 0 Å². The number of halogens is 1. The third-order valence-electron chi connectivity index (χ3n) is 3.74. The third kappa shape index (κ3) is 3.41. The molecular weight excluding hydrogens is 374 g/mol. The van der Waals surface area contributed by atoms with Crippen molar-refractivity contribution in [1.29, 1.82) is 0 Å². The highest BCUT2D eigenvalue weighted by Gasteiger charge is 2.45. The van der Waals surface area contributed by atoms with Gasteiger partial charge in [0.1, 0.15) is 11.6 Å². The van der Waals surface area contributed by atoms with Gasteiger partial charge in [-0.3, -0.25) is 4.79 Å². The summed E-state index contributed by atoms with van der Waals surface area (Å²) in [4.78, 5) is 35.4. The maximum absolute atomic E-state index is 12.9. The van der Waals surface area contributed by atoms with E-state index >= 15 is 0 Å². The zero-order valence-corrected chi connectivity index (χ0v) is 16.4. The van der Waals surface area contributed by atoms with E-state index < -0.39 is 23.6 Å². The normalized spacial score (nSPS) is 16.6. The Morgan fingerprint density at radius 1 is 1.31 bits per heavy atom. The van der Waals surface area contributed by atoms with Gasteiger partial charge in [-0.1, -0.05) is 41.6 Å². The predicted molar refractivity (Wildman–Crippen MR) is 99.5 cm³/mol. The van der Waals surface area contributed by atoms with Crippen LogP contribution in [0.4, 0.5) is 4.79 Å². The van der Waals surface area contributed by atoms with Crippen LogP contribution in [0.3, 0.4) is 0 Å². The number of fused-ring (bicyclic) bond motifs is 1. The molecule has 1 aromatic carbocycles. The van der Waals surface area contributed by atoms with Gasteiger partial charge < -0.3 is 4.74 Å². The van der Waals surface area contributed by atoms with Crippen molar-refractivity contribution in [3.63, 3.8) is 0 Å². The lowest BCUT2D eigenvalue weighted by Crippen LogP contribution is -2.39. The predicted octanol–water partition coefficient (Wildman–Crippen LogP) is 4.33. The molecule has 26 heavy (non-hydrogen) atoms. The molecule has 136 valence electrons. The van der Waals surface area contributed by atoms with Gasteiger partial charge >= 0.3 is 6.09 Å². The molecule has 0 spiro atoms. The molecule has 1 unspecified atom stereocenters. The van der Waals surface area contributed by atoms with E-state index in [1.165, 1.54) is 18.0 Å². The molecule has 0 N–H and O–H groups in total. The second-order valence-electron chi connectivity index (χ2n) is 6.74. The molecule has 3 rings (SSSR count). The topological polar surface area (TPSA) is 72.4 Å². The minimum absolute atomic E-state index is 0.283. The van der Waals surface area contributed by atoms with E-state index in [1.54, 1.807) is 39.0 Å². The van der Waals surface area contributed by atoms with Crippen LogP contribution in [0, 0.1) is 0 Å². The molecule has 0 saturated heterocycles. The highest BCUT2D eigenvalue weighted by atomic mass is 35.5. The highest BCUT2D eigenvalue weighted by Crippen LogP contribution is 2.41. The van der Waals surface area contributed by atoms with E-state index in [-0.39, 0.29) is 5.02 Å². The fourth-order valence-corrected chi connectivity index (χ4v) is 3.28. The Bertz CT molecular complexity index is 882. The summed E-state index contributed by atoms with van der Waals surface area (Å²) in [6.07, 6.45) is 2.59. The van der Waals surface area contributed by atoms with E-state index in [0.29, 0.717) is 22.0 Å². The lowest BCUT2D eigenvalue weighted by molar-refractivity contribution is 0.0213. The number of aromatic nitrogens is 2. The molecule has 0 aliphatic carbocycles. The Labute approximate surface area is 160 Å². The molecule has 0 radical (unpaired) electrons. The average molecular weight is 392 g/mol. The van der Waals surface area contributed by atoms with Crippen LogP contribution in [0.25, 0.3) is 0 Å². The quantitative estimate of drug-likeness (QED) is 0.560. The van der Waals surface area contributed by atoms with Crippen LogP contribution in [0.2, 0.25) is 5.02 Å². The first kappa shape index (κ1) is 18.7. The van der Waals surface area contributed by atoms with Crippen LogP contribution in [-0.4, -0.2) is 38.7 Å². The minimum atomic E-state index is -0.755. The van der Waals surface area contributed by atoms with E-state index in [9.17, 15) is 9.59 Å². The van der Waals surface area contributed by atoms with Crippen molar-refractivity contribution in [3.05, 3.63) is 52.3 Å². The second-order valence-corrected chi connectivity index (χ2v) is 7.92. The van der Waals surface area contributed by atoms with Gasteiger partial charge in [0.2, 0.25) is 0 Å². The first-order valence-electron chi connectivity index (χ1n) is 7.95. The monoisotopic (exact) mass is 391 g/mol. The van der Waals surface area contributed by atoms with Crippen LogP contribution < -0.4 is 0 Å². The Kier molecular flexibility index (Phi) is 4.94. The first-order valence-corrected chi connectivity index (χ1v) is 9.55. The minimum Gasteiger partial charge on any atom is -0.443 e. The molecule has 1 aliphatic rings. The summed E-state index contributed by atoms with van der Waals surface area (Å²) in [5.41, 5.74) is 0.756. The molecule has 2 aromatic rings. The van der Waals surface area contributed by atoms with Crippen LogP contribution in [-0.2, 0) is 4.74 Å². The van der Waals surface area contributed by atoms with E-state index in [2.05, 4.69) is 9.97 Å². The number of imide groups is 1. The second kappa shape index (κ2) is 6.89. The Morgan fingerprint density at radius 3 is 2.65 bits per heavy atom. The molecule has 0 fully saturated rings.